The van der Waals surface area contributed by atoms with Gasteiger partial charge in [0.1, 0.15) is 23.3 Å². The van der Waals surface area contributed by atoms with Crippen molar-refractivity contribution in [2.24, 2.45) is 0 Å². The Balaban J connectivity index is 1.39. The summed E-state index contributed by atoms with van der Waals surface area (Å²) in [5, 5.41) is 24.9. The first-order valence-electron chi connectivity index (χ1n) is 12.3. The maximum atomic E-state index is 13.2. The van der Waals surface area contributed by atoms with Crippen LogP contribution in [0.25, 0.3) is 22.2 Å². The highest BCUT2D eigenvalue weighted by molar-refractivity contribution is 6.09. The summed E-state index contributed by atoms with van der Waals surface area (Å²) < 4.78 is 14.8. The minimum absolute atomic E-state index is 0.156. The molecule has 4 aromatic rings. The number of nitriles is 1. The van der Waals surface area contributed by atoms with E-state index in [1.165, 1.54) is 18.3 Å². The normalized spacial score (nSPS) is 14.4. The smallest absolute Gasteiger partial charge is 0.164 e. The molecule has 0 aliphatic carbocycles. The Kier molecular flexibility index (Phi) is 7.02. The topological polar surface area (TPSA) is 122 Å². The minimum atomic E-state index is -0.217. The largest absolute Gasteiger partial charge is 0.393 e. The number of rotatable bonds is 7. The molecule has 0 bridgehead atoms. The lowest BCUT2D eigenvalue weighted by molar-refractivity contribution is 0.249. The Hall–Kier alpha value is -4.75. The number of piperazine rings is 1. The molecule has 4 N–H and O–H groups in total. The van der Waals surface area contributed by atoms with Crippen LogP contribution in [0.15, 0.2) is 61.1 Å². The Labute approximate surface area is 220 Å². The standard InChI is InChI=1S/C28H28FN9/c1-33-15-22(13-30)21-12-24(27-25(14-31)28(32)35-38(27)18-21)20-4-7-26(34-16-20)37-10-8-36(9-11-37)17-19-2-5-23(29)6-3-19/h2-7,12-13,15-16,18,30,33H,8-11,17H2,1H3,(H2,32,35)/b22-15+,30-13?. The predicted molar refractivity (Wildman–Crippen MR) is 147 cm³/mol. The first-order valence-corrected chi connectivity index (χ1v) is 12.3. The average Bonchev–Trinajstić information content (AvgIpc) is 3.27. The van der Waals surface area contributed by atoms with Crippen LogP contribution < -0.4 is 16.0 Å². The Morgan fingerprint density at radius 1 is 1.18 bits per heavy atom. The van der Waals surface area contributed by atoms with Crippen LogP contribution >= 0.6 is 0 Å². The van der Waals surface area contributed by atoms with Gasteiger partial charge in [0.05, 0.1) is 5.52 Å². The first kappa shape index (κ1) is 24.9. The lowest BCUT2D eigenvalue weighted by Gasteiger charge is -2.35. The van der Waals surface area contributed by atoms with Gasteiger partial charge in [-0.25, -0.2) is 13.9 Å². The van der Waals surface area contributed by atoms with E-state index in [4.69, 9.17) is 16.1 Å². The summed E-state index contributed by atoms with van der Waals surface area (Å²) in [5.41, 5.74) is 11.1. The van der Waals surface area contributed by atoms with Gasteiger partial charge in [0.15, 0.2) is 5.82 Å². The van der Waals surface area contributed by atoms with Gasteiger partial charge in [0.2, 0.25) is 0 Å². The van der Waals surface area contributed by atoms with E-state index in [-0.39, 0.29) is 11.6 Å². The number of allylic oxidation sites excluding steroid dienone is 1. The number of benzene rings is 1. The SMILES string of the molecule is CN/C=C(\C=N)c1cc(-c2ccc(N3CCN(Cc4ccc(F)cc4)CC3)nc2)c2c(C#N)c(N)nn2c1. The van der Waals surface area contributed by atoms with Gasteiger partial charge in [-0.15, -0.1) is 5.10 Å². The van der Waals surface area contributed by atoms with E-state index in [0.717, 1.165) is 60.8 Å². The zero-order chi connectivity index (χ0) is 26.6. The third kappa shape index (κ3) is 4.92. The highest BCUT2D eigenvalue weighted by Gasteiger charge is 2.20. The zero-order valence-electron chi connectivity index (χ0n) is 21.0. The van der Waals surface area contributed by atoms with Crippen molar-refractivity contribution < 1.29 is 4.39 Å². The van der Waals surface area contributed by atoms with Crippen LogP contribution in [0.1, 0.15) is 16.7 Å². The number of anilines is 2. The molecule has 0 spiro atoms. The van der Waals surface area contributed by atoms with Crippen molar-refractivity contribution in [1.82, 2.24) is 24.8 Å². The number of hydrogen-bond acceptors (Lipinski definition) is 8. The molecule has 1 saturated heterocycles. The molecule has 192 valence electrons. The van der Waals surface area contributed by atoms with E-state index in [0.29, 0.717) is 16.7 Å². The van der Waals surface area contributed by atoms with Gasteiger partial charge in [-0.1, -0.05) is 12.1 Å². The second-order valence-electron chi connectivity index (χ2n) is 9.14. The van der Waals surface area contributed by atoms with Crippen LogP contribution in [0.5, 0.6) is 0 Å². The van der Waals surface area contributed by atoms with Gasteiger partial charge in [-0.3, -0.25) is 4.90 Å². The minimum Gasteiger partial charge on any atom is -0.393 e. The number of nitrogens with two attached hydrogens (primary N) is 1. The molecule has 10 heteroatoms. The lowest BCUT2D eigenvalue weighted by atomic mass is 10.0. The van der Waals surface area contributed by atoms with Crippen LogP contribution in [0.4, 0.5) is 16.0 Å². The van der Waals surface area contributed by atoms with Crippen LogP contribution in [0, 0.1) is 22.6 Å². The predicted octanol–water partition coefficient (Wildman–Crippen LogP) is 3.52. The molecular formula is C28H28FN9. The van der Waals surface area contributed by atoms with E-state index in [2.05, 4.69) is 26.3 Å². The maximum absolute atomic E-state index is 13.2. The van der Waals surface area contributed by atoms with E-state index < -0.39 is 0 Å². The molecule has 9 nitrogen and oxygen atoms in total. The van der Waals surface area contributed by atoms with E-state index in [1.807, 2.05) is 30.3 Å². The molecule has 0 radical (unpaired) electrons. The number of hydrogen-bond donors (Lipinski definition) is 3. The highest BCUT2D eigenvalue weighted by atomic mass is 19.1. The fourth-order valence-electron chi connectivity index (χ4n) is 4.76. The van der Waals surface area contributed by atoms with Crippen LogP contribution in [-0.4, -0.2) is 58.9 Å². The van der Waals surface area contributed by atoms with Crippen molar-refractivity contribution in [2.75, 3.05) is 43.9 Å². The van der Waals surface area contributed by atoms with Crippen molar-refractivity contribution in [2.45, 2.75) is 6.54 Å². The molecule has 1 fully saturated rings. The molecule has 1 aliphatic heterocycles. The van der Waals surface area contributed by atoms with Crippen LogP contribution in [0.3, 0.4) is 0 Å². The third-order valence-electron chi connectivity index (χ3n) is 6.73. The fourth-order valence-corrected chi connectivity index (χ4v) is 4.76. The molecule has 4 heterocycles. The summed E-state index contributed by atoms with van der Waals surface area (Å²) in [5.74, 6) is 0.819. The van der Waals surface area contributed by atoms with Crippen molar-refractivity contribution >= 4 is 28.9 Å². The Morgan fingerprint density at radius 3 is 2.58 bits per heavy atom. The molecule has 1 aromatic carbocycles. The highest BCUT2D eigenvalue weighted by Crippen LogP contribution is 2.32. The molecular weight excluding hydrogens is 481 g/mol. The number of nitrogens with zero attached hydrogens (tertiary/aromatic N) is 6. The first-order chi connectivity index (χ1) is 18.5. The molecule has 3 aromatic heterocycles. The number of fused-ring (bicyclic) bond motifs is 1. The van der Waals surface area contributed by atoms with Gasteiger partial charge in [0, 0.05) is 86.8 Å². The van der Waals surface area contributed by atoms with Gasteiger partial charge in [-0.05, 0) is 35.9 Å². The quantitative estimate of drug-likeness (QED) is 0.326. The van der Waals surface area contributed by atoms with E-state index >= 15 is 0 Å². The van der Waals surface area contributed by atoms with Gasteiger partial charge >= 0.3 is 0 Å². The Bertz CT molecular complexity index is 1520. The third-order valence-corrected chi connectivity index (χ3v) is 6.73. The molecule has 5 rings (SSSR count). The summed E-state index contributed by atoms with van der Waals surface area (Å²) in [4.78, 5) is 9.35. The van der Waals surface area contributed by atoms with E-state index in [9.17, 15) is 9.65 Å². The van der Waals surface area contributed by atoms with Crippen LogP contribution in [-0.2, 0) is 6.54 Å². The number of pyridine rings is 2. The van der Waals surface area contributed by atoms with Crippen molar-refractivity contribution in [3.63, 3.8) is 0 Å². The van der Waals surface area contributed by atoms with E-state index in [1.54, 1.807) is 30.2 Å². The average molecular weight is 510 g/mol. The van der Waals surface area contributed by atoms with Gasteiger partial charge < -0.3 is 21.4 Å². The van der Waals surface area contributed by atoms with Gasteiger partial charge in [0.25, 0.3) is 0 Å². The fraction of sp³-hybridized carbons (Fsp3) is 0.214. The second kappa shape index (κ2) is 10.7. The molecule has 0 atom stereocenters. The monoisotopic (exact) mass is 509 g/mol. The van der Waals surface area contributed by atoms with Crippen molar-refractivity contribution in [3.8, 4) is 17.2 Å². The molecule has 0 saturated carbocycles. The van der Waals surface area contributed by atoms with Crippen molar-refractivity contribution in [3.05, 3.63) is 83.6 Å². The summed E-state index contributed by atoms with van der Waals surface area (Å²) in [6.07, 6.45) is 6.55. The van der Waals surface area contributed by atoms with Crippen LogP contribution in [0.2, 0.25) is 0 Å². The summed E-state index contributed by atoms with van der Waals surface area (Å²) in [6, 6.07) is 14.7. The number of aromatic nitrogens is 3. The molecule has 0 unspecified atom stereocenters. The zero-order valence-corrected chi connectivity index (χ0v) is 21.0. The van der Waals surface area contributed by atoms with Crippen molar-refractivity contribution in [1.29, 1.82) is 10.7 Å². The Morgan fingerprint density at radius 2 is 1.95 bits per heavy atom. The summed E-state index contributed by atoms with van der Waals surface area (Å²) in [6.45, 7) is 4.23. The number of halogens is 1. The number of nitrogen functional groups attached to an aromatic ring is 1. The molecule has 1 aliphatic rings. The molecule has 0 amide bonds. The molecule has 38 heavy (non-hydrogen) atoms. The summed E-state index contributed by atoms with van der Waals surface area (Å²) >= 11 is 0. The second-order valence-corrected chi connectivity index (χ2v) is 9.14. The maximum Gasteiger partial charge on any atom is 0.164 e. The lowest BCUT2D eigenvalue weighted by Crippen LogP contribution is -2.46. The number of nitrogens with one attached hydrogen (secondary N) is 2. The van der Waals surface area contributed by atoms with Gasteiger partial charge in [-0.2, -0.15) is 5.26 Å². The summed E-state index contributed by atoms with van der Waals surface area (Å²) in [7, 11) is 1.77.